The molecule has 1 amide bonds. The summed E-state index contributed by atoms with van der Waals surface area (Å²) in [6.45, 7) is 3.85. The fraction of sp³-hybridized carbons (Fsp3) is 0.455. The van der Waals surface area contributed by atoms with Crippen LogP contribution in [0.5, 0.6) is 0 Å². The first-order valence-corrected chi connectivity index (χ1v) is 9.82. The molecular formula is C22H27N3O3. The maximum absolute atomic E-state index is 12.4. The molecule has 1 aromatic heterocycles. The third-order valence-electron chi connectivity index (χ3n) is 5.71. The van der Waals surface area contributed by atoms with Crippen molar-refractivity contribution in [1.82, 2.24) is 15.2 Å². The summed E-state index contributed by atoms with van der Waals surface area (Å²) in [6.07, 6.45) is 3.73. The first kappa shape index (κ1) is 19.1. The summed E-state index contributed by atoms with van der Waals surface area (Å²) in [5.74, 6) is 0.770. The fourth-order valence-electron chi connectivity index (χ4n) is 4.53. The molecule has 6 heteroatoms. The van der Waals surface area contributed by atoms with Gasteiger partial charge in [0.1, 0.15) is 6.61 Å². The van der Waals surface area contributed by atoms with Crippen molar-refractivity contribution in [2.24, 2.45) is 5.92 Å². The fourth-order valence-corrected chi connectivity index (χ4v) is 4.53. The Kier molecular flexibility index (Phi) is 6.00. The van der Waals surface area contributed by atoms with Gasteiger partial charge in [-0.3, -0.25) is 14.7 Å². The Bertz CT molecular complexity index is 799. The van der Waals surface area contributed by atoms with E-state index in [9.17, 15) is 4.79 Å². The number of methoxy groups -OCH3 is 1. The van der Waals surface area contributed by atoms with Gasteiger partial charge in [-0.1, -0.05) is 30.3 Å². The Morgan fingerprint density at radius 3 is 2.82 bits per heavy atom. The Balaban J connectivity index is 1.44. The molecule has 1 aromatic carbocycles. The molecule has 2 aliphatic rings. The van der Waals surface area contributed by atoms with E-state index in [2.05, 4.69) is 45.5 Å². The zero-order valence-electron chi connectivity index (χ0n) is 16.2. The summed E-state index contributed by atoms with van der Waals surface area (Å²) < 4.78 is 10.3. The van der Waals surface area contributed by atoms with Crippen LogP contribution in [-0.2, 0) is 20.8 Å². The number of benzene rings is 1. The van der Waals surface area contributed by atoms with Gasteiger partial charge in [0.25, 0.3) is 0 Å². The molecule has 4 rings (SSSR count). The van der Waals surface area contributed by atoms with Gasteiger partial charge in [-0.25, -0.2) is 0 Å². The second-order valence-electron chi connectivity index (χ2n) is 7.55. The lowest BCUT2D eigenvalue weighted by molar-refractivity contribution is -0.127. The molecule has 0 bridgehead atoms. The van der Waals surface area contributed by atoms with E-state index in [4.69, 9.17) is 9.47 Å². The van der Waals surface area contributed by atoms with Crippen molar-refractivity contribution >= 4 is 5.91 Å². The number of hydrogen-bond acceptors (Lipinski definition) is 5. The van der Waals surface area contributed by atoms with Crippen LogP contribution in [0.4, 0.5) is 0 Å². The normalized spacial score (nSPS) is 23.4. The number of carbonyl (C=O) groups is 1. The van der Waals surface area contributed by atoms with Gasteiger partial charge in [-0.15, -0.1) is 0 Å². The maximum Gasteiger partial charge on any atom is 0.246 e. The van der Waals surface area contributed by atoms with Crippen molar-refractivity contribution in [2.75, 3.05) is 40.0 Å². The summed E-state index contributed by atoms with van der Waals surface area (Å²) in [6, 6.07) is 12.6. The third kappa shape index (κ3) is 4.09. The second-order valence-corrected chi connectivity index (χ2v) is 7.55. The first-order valence-electron chi connectivity index (χ1n) is 9.82. The van der Waals surface area contributed by atoms with Crippen LogP contribution in [0.3, 0.4) is 0 Å². The zero-order valence-corrected chi connectivity index (χ0v) is 16.2. The Hall–Kier alpha value is -2.28. The van der Waals surface area contributed by atoms with Gasteiger partial charge < -0.3 is 14.8 Å². The summed E-state index contributed by atoms with van der Waals surface area (Å²) in [5, 5.41) is 3.22. The van der Waals surface area contributed by atoms with Gasteiger partial charge in [-0.2, -0.15) is 0 Å². The number of pyridine rings is 1. The van der Waals surface area contributed by atoms with Gasteiger partial charge in [-0.05, 0) is 22.8 Å². The highest BCUT2D eigenvalue weighted by Crippen LogP contribution is 2.49. The van der Waals surface area contributed by atoms with Crippen LogP contribution in [0.1, 0.15) is 28.7 Å². The molecule has 1 fully saturated rings. The second kappa shape index (κ2) is 8.82. The summed E-state index contributed by atoms with van der Waals surface area (Å²) >= 11 is 0. The van der Waals surface area contributed by atoms with Crippen molar-refractivity contribution < 1.29 is 14.3 Å². The Labute approximate surface area is 165 Å². The van der Waals surface area contributed by atoms with Gasteiger partial charge in [0.2, 0.25) is 5.91 Å². The van der Waals surface area contributed by atoms with E-state index < -0.39 is 0 Å². The number of aromatic nitrogens is 1. The van der Waals surface area contributed by atoms with Gasteiger partial charge in [0.05, 0.1) is 19.3 Å². The molecule has 3 atom stereocenters. The summed E-state index contributed by atoms with van der Waals surface area (Å²) in [7, 11) is 1.62. The van der Waals surface area contributed by atoms with E-state index in [1.165, 1.54) is 16.7 Å². The third-order valence-corrected chi connectivity index (χ3v) is 5.71. The average molecular weight is 381 g/mol. The highest BCUT2D eigenvalue weighted by molar-refractivity contribution is 5.78. The van der Waals surface area contributed by atoms with Crippen LogP contribution in [0.15, 0.2) is 48.8 Å². The maximum atomic E-state index is 12.4. The molecule has 28 heavy (non-hydrogen) atoms. The molecule has 0 spiro atoms. The van der Waals surface area contributed by atoms with Crippen molar-refractivity contribution in [2.45, 2.75) is 18.5 Å². The lowest BCUT2D eigenvalue weighted by Crippen LogP contribution is -2.36. The van der Waals surface area contributed by atoms with Crippen molar-refractivity contribution in [3.63, 3.8) is 0 Å². The van der Waals surface area contributed by atoms with E-state index in [1.807, 2.05) is 12.3 Å². The molecule has 1 N–H and O–H groups in total. The van der Waals surface area contributed by atoms with Crippen LogP contribution < -0.4 is 5.32 Å². The van der Waals surface area contributed by atoms with Crippen molar-refractivity contribution in [1.29, 1.82) is 0 Å². The molecule has 1 aliphatic carbocycles. The predicted molar refractivity (Wildman–Crippen MR) is 106 cm³/mol. The van der Waals surface area contributed by atoms with E-state index >= 15 is 0 Å². The first-order chi connectivity index (χ1) is 13.8. The number of ether oxygens (including phenoxy) is 2. The Morgan fingerprint density at radius 2 is 2.04 bits per heavy atom. The van der Waals surface area contributed by atoms with Crippen LogP contribution in [0.25, 0.3) is 0 Å². The minimum absolute atomic E-state index is 0.0404. The standard InChI is InChI=1S/C22H27N3O3/c1-27-9-10-28-15-21(26)24-22-18-7-3-2-6-17(18)19-13-25(14-20(19)22)12-16-5-4-8-23-11-16/h2-8,11,19-20,22H,9-10,12-15H2,1H3,(H,24,26)/t19-,20-,22+/m0/s1. The lowest BCUT2D eigenvalue weighted by atomic mass is 9.94. The molecule has 1 saturated heterocycles. The van der Waals surface area contributed by atoms with Gasteiger partial charge in [0, 0.05) is 51.0 Å². The number of carbonyl (C=O) groups excluding carboxylic acids is 1. The summed E-state index contributed by atoms with van der Waals surface area (Å²) in [5.41, 5.74) is 3.85. The summed E-state index contributed by atoms with van der Waals surface area (Å²) in [4.78, 5) is 19.1. The van der Waals surface area contributed by atoms with E-state index in [1.54, 1.807) is 13.3 Å². The zero-order chi connectivity index (χ0) is 19.3. The highest BCUT2D eigenvalue weighted by Gasteiger charge is 2.46. The molecule has 0 unspecified atom stereocenters. The van der Waals surface area contributed by atoms with Crippen molar-refractivity contribution in [3.8, 4) is 0 Å². The largest absolute Gasteiger partial charge is 0.382 e. The Morgan fingerprint density at radius 1 is 1.18 bits per heavy atom. The minimum atomic E-state index is -0.0673. The van der Waals surface area contributed by atoms with E-state index in [0.29, 0.717) is 25.0 Å². The van der Waals surface area contributed by atoms with Crippen molar-refractivity contribution in [3.05, 3.63) is 65.5 Å². The molecule has 1 aliphatic heterocycles. The number of likely N-dealkylation sites (tertiary alicyclic amines) is 1. The van der Waals surface area contributed by atoms with Crippen LogP contribution in [0, 0.1) is 5.92 Å². The SMILES string of the molecule is COCCOCC(=O)N[C@@H]1c2ccccc2[C@@H]2CN(Cc3cccnc3)C[C@H]12. The number of hydrogen-bond donors (Lipinski definition) is 1. The predicted octanol–water partition coefficient (Wildman–Crippen LogP) is 2.13. The molecule has 2 heterocycles. The smallest absolute Gasteiger partial charge is 0.246 e. The van der Waals surface area contributed by atoms with Crippen LogP contribution in [-0.4, -0.2) is 55.8 Å². The molecule has 2 aromatic rings. The molecule has 0 saturated carbocycles. The van der Waals surface area contributed by atoms with E-state index in [-0.39, 0.29) is 18.6 Å². The number of nitrogens with zero attached hydrogens (tertiary/aromatic N) is 2. The van der Waals surface area contributed by atoms with Gasteiger partial charge >= 0.3 is 0 Å². The number of nitrogens with one attached hydrogen (secondary N) is 1. The minimum Gasteiger partial charge on any atom is -0.382 e. The van der Waals surface area contributed by atoms with Crippen LogP contribution in [0.2, 0.25) is 0 Å². The lowest BCUT2D eigenvalue weighted by Gasteiger charge is -2.23. The number of rotatable bonds is 8. The topological polar surface area (TPSA) is 63.7 Å². The monoisotopic (exact) mass is 381 g/mol. The molecule has 148 valence electrons. The molecule has 0 radical (unpaired) electrons. The van der Waals surface area contributed by atoms with Gasteiger partial charge in [0.15, 0.2) is 0 Å². The quantitative estimate of drug-likeness (QED) is 0.710. The number of amides is 1. The van der Waals surface area contributed by atoms with Crippen LogP contribution >= 0.6 is 0 Å². The highest BCUT2D eigenvalue weighted by atomic mass is 16.5. The molecule has 6 nitrogen and oxygen atoms in total. The average Bonchev–Trinajstić information content (AvgIpc) is 3.24. The number of fused-ring (bicyclic) bond motifs is 3. The van der Waals surface area contributed by atoms with E-state index in [0.717, 1.165) is 19.6 Å². The molecular weight excluding hydrogens is 354 g/mol.